The molecule has 0 N–H and O–H groups in total. The Morgan fingerprint density at radius 1 is 1.11 bits per heavy atom. The van der Waals surface area contributed by atoms with Crippen LogP contribution in [-0.4, -0.2) is 24.3 Å². The molecule has 1 unspecified atom stereocenters. The van der Waals surface area contributed by atoms with Crippen LogP contribution in [0.4, 0.5) is 0 Å². The molecule has 102 valence electrons. The zero-order valence-corrected chi connectivity index (χ0v) is 13.3. The number of rotatable bonds is 4. The predicted octanol–water partition coefficient (Wildman–Crippen LogP) is 3.98. The number of hydrogen-bond donors (Lipinski definition) is 0. The van der Waals surface area contributed by atoms with E-state index in [1.54, 1.807) is 20.8 Å². The molecule has 0 aliphatic rings. The normalized spacial score (nSPS) is 14.2. The van der Waals surface area contributed by atoms with Crippen LogP contribution in [0.3, 0.4) is 0 Å². The molecule has 0 aliphatic carbocycles. The monoisotopic (exact) mass is 329 g/mol. The third-order valence-electron chi connectivity index (χ3n) is 2.33. The second-order valence-electron chi connectivity index (χ2n) is 4.08. The molecule has 0 saturated carbocycles. The van der Waals surface area contributed by atoms with Crippen molar-refractivity contribution in [2.24, 2.45) is 0 Å². The summed E-state index contributed by atoms with van der Waals surface area (Å²) in [5.41, 5.74) is -0.649. The van der Waals surface area contributed by atoms with Crippen molar-refractivity contribution in [1.82, 2.24) is 4.31 Å². The van der Waals surface area contributed by atoms with Crippen molar-refractivity contribution in [3.8, 4) is 0 Å². The van der Waals surface area contributed by atoms with Crippen LogP contribution in [0.2, 0.25) is 10.0 Å². The van der Waals surface area contributed by atoms with Crippen molar-refractivity contribution in [2.45, 2.75) is 37.2 Å². The van der Waals surface area contributed by atoms with E-state index in [1.165, 1.54) is 22.5 Å². The average molecular weight is 331 g/mol. The topological polar surface area (TPSA) is 37.4 Å². The van der Waals surface area contributed by atoms with Crippen molar-refractivity contribution in [3.63, 3.8) is 0 Å². The Labute approximate surface area is 123 Å². The molecule has 18 heavy (non-hydrogen) atoms. The summed E-state index contributed by atoms with van der Waals surface area (Å²) >= 11 is 17.5. The Morgan fingerprint density at radius 3 is 2.06 bits per heavy atom. The van der Waals surface area contributed by atoms with Crippen LogP contribution in [0.5, 0.6) is 0 Å². The van der Waals surface area contributed by atoms with Crippen LogP contribution in [0, 0.1) is 0 Å². The molecule has 1 aromatic rings. The van der Waals surface area contributed by atoms with E-state index >= 15 is 0 Å². The number of hydrogen-bond acceptors (Lipinski definition) is 2. The molecule has 1 aromatic carbocycles. The lowest BCUT2D eigenvalue weighted by Gasteiger charge is -2.28. The summed E-state index contributed by atoms with van der Waals surface area (Å²) in [4.78, 5) is 0.0816. The highest BCUT2D eigenvalue weighted by Crippen LogP contribution is 2.28. The molecule has 3 nitrogen and oxygen atoms in total. The second-order valence-corrected chi connectivity index (χ2v) is 7.37. The highest BCUT2D eigenvalue weighted by molar-refractivity contribution is 7.89. The summed E-state index contributed by atoms with van der Waals surface area (Å²) in [6.07, 6.45) is 0. The van der Waals surface area contributed by atoms with Crippen LogP contribution in [0.25, 0.3) is 0 Å². The van der Waals surface area contributed by atoms with Gasteiger partial charge in [-0.25, -0.2) is 8.42 Å². The van der Waals surface area contributed by atoms with Crippen molar-refractivity contribution in [1.29, 1.82) is 0 Å². The fourth-order valence-corrected chi connectivity index (χ4v) is 4.23. The molecule has 0 fully saturated rings. The quantitative estimate of drug-likeness (QED) is 0.618. The van der Waals surface area contributed by atoms with E-state index in [-0.39, 0.29) is 16.0 Å². The van der Waals surface area contributed by atoms with Crippen molar-refractivity contribution in [2.75, 3.05) is 0 Å². The first kappa shape index (κ1) is 16.1. The Hall–Kier alpha value is -0.000000000000000111. The van der Waals surface area contributed by atoms with E-state index in [9.17, 15) is 8.42 Å². The molecule has 0 heterocycles. The Balaban J connectivity index is 3.31. The molecule has 0 saturated heterocycles. The second kappa shape index (κ2) is 5.97. The number of alkyl halides is 1. The first-order chi connectivity index (χ1) is 8.17. The molecule has 0 bridgehead atoms. The molecule has 0 radical (unpaired) electrons. The molecule has 1 atom stereocenters. The van der Waals surface area contributed by atoms with Gasteiger partial charge in [-0.05, 0) is 39.0 Å². The standard InChI is InChI=1S/C11H14Cl3NO2S/c1-7(2)15(8(3)12)18(16,17)9-4-5-10(13)11(14)6-9/h4-8H,1-3H3. The zero-order valence-electron chi connectivity index (χ0n) is 10.2. The lowest BCUT2D eigenvalue weighted by Crippen LogP contribution is -2.40. The van der Waals surface area contributed by atoms with Gasteiger partial charge in [-0.3, -0.25) is 0 Å². The molecule has 0 aliphatic heterocycles. The van der Waals surface area contributed by atoms with Gasteiger partial charge in [0.2, 0.25) is 10.0 Å². The minimum Gasteiger partial charge on any atom is -0.207 e. The third kappa shape index (κ3) is 3.31. The maximum atomic E-state index is 12.4. The molecule has 1 rings (SSSR count). The first-order valence-corrected chi connectivity index (χ1v) is 7.94. The number of nitrogens with zero attached hydrogens (tertiary/aromatic N) is 1. The Bertz CT molecular complexity index is 521. The van der Waals surface area contributed by atoms with Gasteiger partial charge in [-0.15, -0.1) is 11.6 Å². The van der Waals surface area contributed by atoms with Gasteiger partial charge in [0.05, 0.1) is 20.4 Å². The molecule has 0 amide bonds. The van der Waals surface area contributed by atoms with E-state index in [0.29, 0.717) is 5.02 Å². The smallest absolute Gasteiger partial charge is 0.207 e. The largest absolute Gasteiger partial charge is 0.244 e. The first-order valence-electron chi connectivity index (χ1n) is 5.30. The van der Waals surface area contributed by atoms with Crippen molar-refractivity contribution >= 4 is 44.8 Å². The lowest BCUT2D eigenvalue weighted by atomic mass is 10.4. The van der Waals surface area contributed by atoms with Gasteiger partial charge in [-0.1, -0.05) is 23.2 Å². The van der Waals surface area contributed by atoms with Crippen LogP contribution < -0.4 is 0 Å². The summed E-state index contributed by atoms with van der Waals surface area (Å²) in [5, 5.41) is 0.509. The summed E-state index contributed by atoms with van der Waals surface area (Å²) in [7, 11) is -3.68. The molecular weight excluding hydrogens is 317 g/mol. The minimum atomic E-state index is -3.68. The fourth-order valence-electron chi connectivity index (χ4n) is 1.64. The van der Waals surface area contributed by atoms with Gasteiger partial charge in [0, 0.05) is 6.04 Å². The maximum Gasteiger partial charge on any atom is 0.244 e. The number of sulfonamides is 1. The Kier molecular flexibility index (Phi) is 5.32. The summed E-state index contributed by atoms with van der Waals surface area (Å²) in [5.74, 6) is 0. The summed E-state index contributed by atoms with van der Waals surface area (Å²) < 4.78 is 26.1. The minimum absolute atomic E-state index is 0.0816. The van der Waals surface area contributed by atoms with E-state index in [1.807, 2.05) is 0 Å². The van der Waals surface area contributed by atoms with Crippen molar-refractivity contribution < 1.29 is 8.42 Å². The van der Waals surface area contributed by atoms with Gasteiger partial charge in [0.1, 0.15) is 0 Å². The SMILES string of the molecule is CC(C)N(C(C)Cl)S(=O)(=O)c1ccc(Cl)c(Cl)c1. The number of benzene rings is 1. The van der Waals surface area contributed by atoms with Gasteiger partial charge in [0.15, 0.2) is 0 Å². The van der Waals surface area contributed by atoms with Crippen molar-refractivity contribution in [3.05, 3.63) is 28.2 Å². The van der Waals surface area contributed by atoms with E-state index in [4.69, 9.17) is 34.8 Å². The highest BCUT2D eigenvalue weighted by atomic mass is 35.5. The van der Waals surface area contributed by atoms with Gasteiger partial charge in [0.25, 0.3) is 0 Å². The maximum absolute atomic E-state index is 12.4. The van der Waals surface area contributed by atoms with E-state index < -0.39 is 15.5 Å². The highest BCUT2D eigenvalue weighted by Gasteiger charge is 2.30. The van der Waals surface area contributed by atoms with Gasteiger partial charge in [-0.2, -0.15) is 4.31 Å². The van der Waals surface area contributed by atoms with Crippen LogP contribution in [0.15, 0.2) is 23.1 Å². The van der Waals surface area contributed by atoms with E-state index in [2.05, 4.69) is 0 Å². The number of halogens is 3. The molecule has 0 aromatic heterocycles. The third-order valence-corrected chi connectivity index (χ3v) is 5.53. The summed E-state index contributed by atoms with van der Waals surface area (Å²) in [6, 6.07) is 3.94. The van der Waals surface area contributed by atoms with Crippen LogP contribution in [-0.2, 0) is 10.0 Å². The van der Waals surface area contributed by atoms with Gasteiger partial charge >= 0.3 is 0 Å². The van der Waals surface area contributed by atoms with Crippen LogP contribution in [0.1, 0.15) is 20.8 Å². The zero-order chi connectivity index (χ0) is 14.1. The van der Waals surface area contributed by atoms with Crippen LogP contribution >= 0.6 is 34.8 Å². The molecule has 0 spiro atoms. The summed E-state index contributed by atoms with van der Waals surface area (Å²) in [6.45, 7) is 5.12. The average Bonchev–Trinajstić information content (AvgIpc) is 2.19. The van der Waals surface area contributed by atoms with E-state index in [0.717, 1.165) is 0 Å². The predicted molar refractivity (Wildman–Crippen MR) is 75.9 cm³/mol. The Morgan fingerprint density at radius 2 is 1.67 bits per heavy atom. The fraction of sp³-hybridized carbons (Fsp3) is 0.455. The molecule has 7 heteroatoms. The molecular formula is C11H14Cl3NO2S. The lowest BCUT2D eigenvalue weighted by molar-refractivity contribution is 0.344. The van der Waals surface area contributed by atoms with Gasteiger partial charge < -0.3 is 0 Å².